The number of aliphatic hydroxyl groups is 1. The first kappa shape index (κ1) is 22.4. The standard InChI is InChI=1S/C23H31FO4S2/c1-4-29-22(30-13-19(27)28)10-8-16-17-6-5-14-11-15(25)7-9-20(14,2)23(17,24)18(26)12-21(16,22)3/h7,9,11,16-18,26H,4-6,8,10,12-13H2,1-3H3,(H,27,28)/t16?,17?,18-,20-,21-,22-,23?/m0/s1. The molecule has 0 aliphatic heterocycles. The van der Waals surface area contributed by atoms with Crippen molar-refractivity contribution >= 4 is 35.3 Å². The molecule has 3 saturated carbocycles. The van der Waals surface area contributed by atoms with Crippen LogP contribution in [0.4, 0.5) is 4.39 Å². The van der Waals surface area contributed by atoms with Crippen LogP contribution >= 0.6 is 23.5 Å². The van der Waals surface area contributed by atoms with Gasteiger partial charge in [0, 0.05) is 11.3 Å². The third kappa shape index (κ3) is 2.83. The van der Waals surface area contributed by atoms with Crippen LogP contribution in [0.2, 0.25) is 0 Å². The maximum Gasteiger partial charge on any atom is 0.313 e. The fraction of sp³-hybridized carbons (Fsp3) is 0.739. The van der Waals surface area contributed by atoms with Gasteiger partial charge in [-0.15, -0.1) is 23.5 Å². The average Bonchev–Trinajstić information content (AvgIpc) is 2.95. The van der Waals surface area contributed by atoms with Gasteiger partial charge in [-0.2, -0.15) is 0 Å². The maximum atomic E-state index is 17.1. The van der Waals surface area contributed by atoms with Crippen LogP contribution < -0.4 is 0 Å². The molecular formula is C23H31FO4S2. The zero-order chi connectivity index (χ0) is 21.9. The van der Waals surface area contributed by atoms with Crippen molar-refractivity contribution in [3.05, 3.63) is 23.8 Å². The first-order valence-corrected chi connectivity index (χ1v) is 12.8. The van der Waals surface area contributed by atoms with Gasteiger partial charge in [0.25, 0.3) is 0 Å². The number of alkyl halides is 1. The Labute approximate surface area is 186 Å². The Hall–Kier alpha value is -0.790. The number of carboxylic acids is 1. The third-order valence-electron chi connectivity index (χ3n) is 8.49. The molecule has 0 aromatic rings. The lowest BCUT2D eigenvalue weighted by Gasteiger charge is -2.63. The number of carboxylic acid groups (broad SMARTS) is 1. The molecule has 4 aliphatic rings. The molecule has 0 saturated heterocycles. The van der Waals surface area contributed by atoms with Crippen molar-refractivity contribution in [2.45, 2.75) is 68.7 Å². The van der Waals surface area contributed by atoms with Crippen LogP contribution in [0.5, 0.6) is 0 Å². The van der Waals surface area contributed by atoms with Gasteiger partial charge in [-0.05, 0) is 68.3 Å². The minimum atomic E-state index is -1.82. The van der Waals surface area contributed by atoms with Gasteiger partial charge in [0.05, 0.1) is 15.9 Å². The number of carbonyl (C=O) groups is 2. The third-order valence-corrected chi connectivity index (χ3v) is 12.2. The molecule has 4 aliphatic carbocycles. The summed E-state index contributed by atoms with van der Waals surface area (Å²) in [6, 6.07) is 0. The first-order valence-electron chi connectivity index (χ1n) is 10.8. The molecule has 2 N–H and O–H groups in total. The van der Waals surface area contributed by atoms with Crippen molar-refractivity contribution in [2.24, 2.45) is 22.7 Å². The Balaban J connectivity index is 1.75. The van der Waals surface area contributed by atoms with Crippen molar-refractivity contribution in [2.75, 3.05) is 11.5 Å². The Morgan fingerprint density at radius 3 is 2.67 bits per heavy atom. The van der Waals surface area contributed by atoms with E-state index < -0.39 is 23.2 Å². The number of aliphatic hydroxyl groups excluding tert-OH is 1. The summed E-state index contributed by atoms with van der Waals surface area (Å²) in [4.78, 5) is 23.3. The zero-order valence-corrected chi connectivity index (χ0v) is 19.5. The van der Waals surface area contributed by atoms with Crippen LogP contribution in [0.15, 0.2) is 23.8 Å². The molecule has 0 heterocycles. The van der Waals surface area contributed by atoms with Gasteiger partial charge in [-0.3, -0.25) is 9.59 Å². The van der Waals surface area contributed by atoms with E-state index in [2.05, 4.69) is 13.8 Å². The second kappa shape index (κ2) is 7.38. The molecule has 7 atom stereocenters. The SMILES string of the molecule is CCS[C@]1(SCC(=O)O)CCC2C3CCC4=CC(=O)C=C[C@]4(C)C3(F)[C@@H](O)C[C@@]21C. The van der Waals surface area contributed by atoms with Crippen LogP contribution in [0.3, 0.4) is 0 Å². The number of thioether (sulfide) groups is 2. The maximum absolute atomic E-state index is 17.1. The average molecular weight is 455 g/mol. The van der Waals surface area contributed by atoms with E-state index in [0.717, 1.165) is 24.2 Å². The van der Waals surface area contributed by atoms with Crippen molar-refractivity contribution in [3.8, 4) is 0 Å². The van der Waals surface area contributed by atoms with Crippen LogP contribution in [0, 0.1) is 22.7 Å². The summed E-state index contributed by atoms with van der Waals surface area (Å²) in [6.45, 7) is 6.06. The second-order valence-electron chi connectivity index (χ2n) is 9.67. The van der Waals surface area contributed by atoms with E-state index in [1.165, 1.54) is 17.8 Å². The summed E-state index contributed by atoms with van der Waals surface area (Å²) in [5, 5.41) is 20.7. The van der Waals surface area contributed by atoms with Crippen LogP contribution in [-0.2, 0) is 9.59 Å². The lowest BCUT2D eigenvalue weighted by Crippen LogP contribution is -2.67. The number of fused-ring (bicyclic) bond motifs is 5. The highest BCUT2D eigenvalue weighted by Crippen LogP contribution is 2.73. The summed E-state index contributed by atoms with van der Waals surface area (Å²) in [7, 11) is 0. The van der Waals surface area contributed by atoms with Crippen molar-refractivity contribution in [1.82, 2.24) is 0 Å². The van der Waals surface area contributed by atoms with E-state index >= 15 is 4.39 Å². The molecule has 0 aromatic heterocycles. The van der Waals surface area contributed by atoms with E-state index in [1.54, 1.807) is 23.9 Å². The number of halogens is 1. The van der Waals surface area contributed by atoms with Gasteiger partial charge in [-0.25, -0.2) is 4.39 Å². The summed E-state index contributed by atoms with van der Waals surface area (Å²) in [6.07, 6.45) is 6.81. The number of hydrogen-bond acceptors (Lipinski definition) is 5. The predicted octanol–water partition coefficient (Wildman–Crippen LogP) is 4.62. The van der Waals surface area contributed by atoms with Gasteiger partial charge < -0.3 is 10.2 Å². The van der Waals surface area contributed by atoms with Gasteiger partial charge in [-0.1, -0.05) is 25.5 Å². The fourth-order valence-electron chi connectivity index (χ4n) is 7.09. The lowest BCUT2D eigenvalue weighted by atomic mass is 9.46. The van der Waals surface area contributed by atoms with E-state index in [0.29, 0.717) is 19.3 Å². The second-order valence-corrected chi connectivity index (χ2v) is 12.8. The monoisotopic (exact) mass is 454 g/mol. The zero-order valence-electron chi connectivity index (χ0n) is 17.8. The molecular weight excluding hydrogens is 423 g/mol. The summed E-state index contributed by atoms with van der Waals surface area (Å²) >= 11 is 3.24. The molecule has 0 bridgehead atoms. The van der Waals surface area contributed by atoms with Crippen molar-refractivity contribution in [3.63, 3.8) is 0 Å². The van der Waals surface area contributed by atoms with Gasteiger partial charge in [0.2, 0.25) is 0 Å². The molecule has 0 spiro atoms. The molecule has 3 fully saturated rings. The molecule has 0 amide bonds. The molecule has 0 aromatic carbocycles. The van der Waals surface area contributed by atoms with E-state index in [-0.39, 0.29) is 32.9 Å². The lowest BCUT2D eigenvalue weighted by molar-refractivity contribution is -0.189. The van der Waals surface area contributed by atoms with E-state index in [1.807, 2.05) is 6.92 Å². The first-order chi connectivity index (χ1) is 14.0. The molecule has 4 nitrogen and oxygen atoms in total. The number of rotatable bonds is 5. The number of ketones is 1. The van der Waals surface area contributed by atoms with Gasteiger partial charge in [0.15, 0.2) is 11.5 Å². The van der Waals surface area contributed by atoms with Crippen molar-refractivity contribution < 1.29 is 24.2 Å². The molecule has 30 heavy (non-hydrogen) atoms. The molecule has 4 rings (SSSR count). The Bertz CT molecular complexity index is 828. The topological polar surface area (TPSA) is 74.6 Å². The van der Waals surface area contributed by atoms with Crippen molar-refractivity contribution in [1.29, 1.82) is 0 Å². The van der Waals surface area contributed by atoms with Crippen LogP contribution in [-0.4, -0.2) is 49.3 Å². The molecule has 166 valence electrons. The number of carbonyl (C=O) groups excluding carboxylic acids is 1. The molecule has 0 radical (unpaired) electrons. The summed E-state index contributed by atoms with van der Waals surface area (Å²) in [5.41, 5.74) is -2.34. The predicted molar refractivity (Wildman–Crippen MR) is 119 cm³/mol. The highest BCUT2D eigenvalue weighted by Gasteiger charge is 2.73. The number of hydrogen-bond donors (Lipinski definition) is 2. The molecule has 7 heteroatoms. The minimum Gasteiger partial charge on any atom is -0.481 e. The Morgan fingerprint density at radius 2 is 2.00 bits per heavy atom. The van der Waals surface area contributed by atoms with E-state index in [4.69, 9.17) is 0 Å². The fourth-order valence-corrected chi connectivity index (χ4v) is 10.4. The Kier molecular flexibility index (Phi) is 5.51. The summed E-state index contributed by atoms with van der Waals surface area (Å²) in [5.74, 6) is -0.301. The van der Waals surface area contributed by atoms with Crippen LogP contribution in [0.25, 0.3) is 0 Å². The van der Waals surface area contributed by atoms with Gasteiger partial charge in [0.1, 0.15) is 0 Å². The van der Waals surface area contributed by atoms with Crippen LogP contribution in [0.1, 0.15) is 52.9 Å². The quantitative estimate of drug-likeness (QED) is 0.590. The Morgan fingerprint density at radius 1 is 1.27 bits per heavy atom. The number of aliphatic carboxylic acids is 1. The summed E-state index contributed by atoms with van der Waals surface area (Å²) < 4.78 is 16.7. The smallest absolute Gasteiger partial charge is 0.313 e. The van der Waals surface area contributed by atoms with Gasteiger partial charge >= 0.3 is 5.97 Å². The minimum absolute atomic E-state index is 0.0201. The van der Waals surface area contributed by atoms with E-state index in [9.17, 15) is 19.8 Å². The molecule has 3 unspecified atom stereocenters. The highest BCUT2D eigenvalue weighted by molar-refractivity contribution is 8.18. The number of allylic oxidation sites excluding steroid dienone is 4. The normalized spacial score (nSPS) is 47.3. The largest absolute Gasteiger partial charge is 0.481 e. The highest BCUT2D eigenvalue weighted by atomic mass is 32.2.